The molecule has 2 rings (SSSR count). The van der Waals surface area contributed by atoms with Crippen LogP contribution in [0.3, 0.4) is 0 Å². The molecule has 1 aromatic rings. The van der Waals surface area contributed by atoms with Gasteiger partial charge in [-0.3, -0.25) is 0 Å². The maximum atomic E-state index is 5.68. The Kier molecular flexibility index (Phi) is 2.00. The van der Waals surface area contributed by atoms with Crippen molar-refractivity contribution < 1.29 is 4.74 Å². The van der Waals surface area contributed by atoms with E-state index in [1.165, 1.54) is 16.7 Å². The monoisotopic (exact) mass is 177 g/mol. The van der Waals surface area contributed by atoms with Gasteiger partial charge in [-0.25, -0.2) is 0 Å². The molecule has 1 atom stereocenters. The number of hydrogen-bond acceptors (Lipinski definition) is 2. The molecule has 1 unspecified atom stereocenters. The van der Waals surface area contributed by atoms with Crippen molar-refractivity contribution in [1.82, 2.24) is 0 Å². The van der Waals surface area contributed by atoms with Gasteiger partial charge >= 0.3 is 0 Å². The predicted octanol–water partition coefficient (Wildman–Crippen LogP) is 1.74. The summed E-state index contributed by atoms with van der Waals surface area (Å²) in [6.07, 6.45) is 0. The molecule has 1 aromatic carbocycles. The molecule has 0 spiro atoms. The van der Waals surface area contributed by atoms with E-state index >= 15 is 0 Å². The third kappa shape index (κ3) is 1.31. The molecule has 0 amide bonds. The van der Waals surface area contributed by atoms with E-state index in [2.05, 4.69) is 26.0 Å². The molecule has 2 N–H and O–H groups in total. The van der Waals surface area contributed by atoms with Gasteiger partial charge in [0, 0.05) is 18.0 Å². The number of aryl methyl sites for hydroxylation is 2. The Bertz CT molecular complexity index is 333. The molecule has 1 aliphatic heterocycles. The molecule has 13 heavy (non-hydrogen) atoms. The van der Waals surface area contributed by atoms with Crippen molar-refractivity contribution in [2.75, 3.05) is 13.2 Å². The van der Waals surface area contributed by atoms with Crippen LogP contribution in [-0.4, -0.2) is 13.2 Å². The second kappa shape index (κ2) is 3.04. The zero-order valence-corrected chi connectivity index (χ0v) is 8.13. The van der Waals surface area contributed by atoms with Gasteiger partial charge in [0.25, 0.3) is 0 Å². The largest absolute Gasteiger partial charge is 0.493 e. The highest BCUT2D eigenvalue weighted by molar-refractivity contribution is 5.47. The summed E-state index contributed by atoms with van der Waals surface area (Å²) in [7, 11) is 0. The summed E-state index contributed by atoms with van der Waals surface area (Å²) in [5, 5.41) is 0. The highest BCUT2D eigenvalue weighted by Gasteiger charge is 2.24. The van der Waals surface area contributed by atoms with Crippen LogP contribution in [0.25, 0.3) is 0 Å². The molecule has 0 aromatic heterocycles. The molecular weight excluding hydrogens is 162 g/mol. The second-order valence-electron chi connectivity index (χ2n) is 3.74. The lowest BCUT2D eigenvalue weighted by molar-refractivity contribution is 0.332. The van der Waals surface area contributed by atoms with Crippen molar-refractivity contribution in [2.24, 2.45) is 5.73 Å². The molecule has 0 radical (unpaired) electrons. The van der Waals surface area contributed by atoms with Crippen molar-refractivity contribution in [2.45, 2.75) is 19.8 Å². The molecule has 0 saturated carbocycles. The van der Waals surface area contributed by atoms with Gasteiger partial charge in [0.2, 0.25) is 0 Å². The molecule has 1 aliphatic rings. The van der Waals surface area contributed by atoms with Crippen molar-refractivity contribution in [1.29, 1.82) is 0 Å². The Morgan fingerprint density at radius 2 is 2.23 bits per heavy atom. The lowest BCUT2D eigenvalue weighted by atomic mass is 9.95. The van der Waals surface area contributed by atoms with E-state index in [1.54, 1.807) is 0 Å². The topological polar surface area (TPSA) is 35.2 Å². The van der Waals surface area contributed by atoms with E-state index in [-0.39, 0.29) is 0 Å². The molecule has 2 heteroatoms. The van der Waals surface area contributed by atoms with Gasteiger partial charge < -0.3 is 10.5 Å². The van der Waals surface area contributed by atoms with Crippen LogP contribution < -0.4 is 10.5 Å². The van der Waals surface area contributed by atoms with Gasteiger partial charge in [0.1, 0.15) is 5.75 Å². The van der Waals surface area contributed by atoms with E-state index < -0.39 is 0 Å². The number of hydrogen-bond donors (Lipinski definition) is 1. The number of rotatable bonds is 1. The Labute approximate surface area is 78.7 Å². The first-order chi connectivity index (χ1) is 6.22. The molecule has 2 nitrogen and oxygen atoms in total. The maximum Gasteiger partial charge on any atom is 0.123 e. The Morgan fingerprint density at radius 1 is 1.46 bits per heavy atom. The summed E-state index contributed by atoms with van der Waals surface area (Å²) in [5.74, 6) is 1.43. The number of fused-ring (bicyclic) bond motifs is 1. The highest BCUT2D eigenvalue weighted by Crippen LogP contribution is 2.36. The third-order valence-electron chi connectivity index (χ3n) is 2.63. The third-order valence-corrected chi connectivity index (χ3v) is 2.63. The zero-order valence-electron chi connectivity index (χ0n) is 8.13. The van der Waals surface area contributed by atoms with Gasteiger partial charge in [-0.05, 0) is 31.0 Å². The summed E-state index contributed by atoms with van der Waals surface area (Å²) in [6, 6.07) is 4.29. The molecule has 0 saturated heterocycles. The van der Waals surface area contributed by atoms with E-state index in [9.17, 15) is 0 Å². The summed E-state index contributed by atoms with van der Waals surface area (Å²) < 4.78 is 5.58. The molecule has 0 fully saturated rings. The van der Waals surface area contributed by atoms with Crippen molar-refractivity contribution >= 4 is 0 Å². The molecule has 70 valence electrons. The van der Waals surface area contributed by atoms with E-state index in [0.29, 0.717) is 12.5 Å². The Morgan fingerprint density at radius 3 is 2.92 bits per heavy atom. The molecule has 1 heterocycles. The van der Waals surface area contributed by atoms with Gasteiger partial charge in [0.05, 0.1) is 6.61 Å². The normalized spacial score (nSPS) is 19.8. The molecular formula is C11H15NO. The lowest BCUT2D eigenvalue weighted by Crippen LogP contribution is -2.14. The van der Waals surface area contributed by atoms with Crippen LogP contribution in [0.5, 0.6) is 5.75 Å². The van der Waals surface area contributed by atoms with Crippen LogP contribution in [0.2, 0.25) is 0 Å². The van der Waals surface area contributed by atoms with Gasteiger partial charge in [0.15, 0.2) is 0 Å². The fourth-order valence-corrected chi connectivity index (χ4v) is 2.04. The minimum atomic E-state index is 0.399. The van der Waals surface area contributed by atoms with E-state index in [1.807, 2.05) is 0 Å². The SMILES string of the molecule is Cc1cc(C)c2c(c1)OCC2CN. The first-order valence-corrected chi connectivity index (χ1v) is 4.66. The quantitative estimate of drug-likeness (QED) is 0.709. The van der Waals surface area contributed by atoms with Crippen molar-refractivity contribution in [3.63, 3.8) is 0 Å². The molecule has 0 bridgehead atoms. The standard InChI is InChI=1S/C11H15NO/c1-7-3-8(2)11-9(5-12)6-13-10(11)4-7/h3-4,9H,5-6,12H2,1-2H3. The average molecular weight is 177 g/mol. The number of nitrogens with two attached hydrogens (primary N) is 1. The van der Waals surface area contributed by atoms with Crippen LogP contribution in [0.15, 0.2) is 12.1 Å². The first-order valence-electron chi connectivity index (χ1n) is 4.66. The lowest BCUT2D eigenvalue weighted by Gasteiger charge is -2.08. The number of benzene rings is 1. The van der Waals surface area contributed by atoms with Crippen LogP contribution >= 0.6 is 0 Å². The van der Waals surface area contributed by atoms with Gasteiger partial charge in [-0.2, -0.15) is 0 Å². The fourth-order valence-electron chi connectivity index (χ4n) is 2.04. The maximum absolute atomic E-state index is 5.68. The molecule has 0 aliphatic carbocycles. The average Bonchev–Trinajstić information content (AvgIpc) is 2.47. The first kappa shape index (κ1) is 8.57. The van der Waals surface area contributed by atoms with Crippen molar-refractivity contribution in [3.8, 4) is 5.75 Å². The van der Waals surface area contributed by atoms with Crippen LogP contribution in [0, 0.1) is 13.8 Å². The minimum absolute atomic E-state index is 0.399. The van der Waals surface area contributed by atoms with Gasteiger partial charge in [-0.15, -0.1) is 0 Å². The summed E-state index contributed by atoms with van der Waals surface area (Å²) in [5.41, 5.74) is 9.56. The summed E-state index contributed by atoms with van der Waals surface area (Å²) >= 11 is 0. The second-order valence-corrected chi connectivity index (χ2v) is 3.74. The van der Waals surface area contributed by atoms with Crippen LogP contribution in [-0.2, 0) is 0 Å². The number of ether oxygens (including phenoxy) is 1. The summed E-state index contributed by atoms with van der Waals surface area (Å²) in [6.45, 7) is 5.64. The Balaban J connectivity index is 2.51. The highest BCUT2D eigenvalue weighted by atomic mass is 16.5. The van der Waals surface area contributed by atoms with Crippen molar-refractivity contribution in [3.05, 3.63) is 28.8 Å². The van der Waals surface area contributed by atoms with Gasteiger partial charge in [-0.1, -0.05) is 6.07 Å². The predicted molar refractivity (Wildman–Crippen MR) is 53.2 cm³/mol. The van der Waals surface area contributed by atoms with E-state index in [4.69, 9.17) is 10.5 Å². The van der Waals surface area contributed by atoms with E-state index in [0.717, 1.165) is 12.4 Å². The smallest absolute Gasteiger partial charge is 0.123 e. The fraction of sp³-hybridized carbons (Fsp3) is 0.455. The minimum Gasteiger partial charge on any atom is -0.493 e. The Hall–Kier alpha value is -1.02. The zero-order chi connectivity index (χ0) is 9.42. The summed E-state index contributed by atoms with van der Waals surface area (Å²) in [4.78, 5) is 0. The van der Waals surface area contributed by atoms with Crippen LogP contribution in [0.4, 0.5) is 0 Å². The van der Waals surface area contributed by atoms with Crippen LogP contribution in [0.1, 0.15) is 22.6 Å².